The summed E-state index contributed by atoms with van der Waals surface area (Å²) >= 11 is 0. The van der Waals surface area contributed by atoms with Crippen molar-refractivity contribution in [3.05, 3.63) is 12.2 Å². The Kier molecular flexibility index (Phi) is 4.29. The van der Waals surface area contributed by atoms with Crippen molar-refractivity contribution in [1.82, 2.24) is 10.2 Å². The number of fused-ring (bicyclic) bond motifs is 1. The molecule has 112 valence electrons. The topological polar surface area (TPSA) is 47.9 Å². The lowest BCUT2D eigenvalue weighted by Crippen LogP contribution is -2.53. The van der Waals surface area contributed by atoms with Crippen LogP contribution in [0, 0.1) is 11.8 Å². The molecular formula is C16H27N3O. The van der Waals surface area contributed by atoms with Crippen LogP contribution in [0.25, 0.3) is 0 Å². The Labute approximate surface area is 122 Å². The summed E-state index contributed by atoms with van der Waals surface area (Å²) in [6.07, 6.45) is 10.5. The monoisotopic (exact) mass is 277 g/mol. The van der Waals surface area contributed by atoms with Crippen LogP contribution in [-0.4, -0.2) is 47.7 Å². The Morgan fingerprint density at radius 2 is 2.30 bits per heavy atom. The molecule has 3 rings (SSSR count). The molecule has 3 aliphatic rings. The van der Waals surface area contributed by atoms with E-state index in [1.54, 1.807) is 0 Å². The molecule has 4 unspecified atom stereocenters. The molecule has 4 heteroatoms. The Hall–Kier alpha value is -1.03. The van der Waals surface area contributed by atoms with Crippen LogP contribution in [0.3, 0.4) is 0 Å². The van der Waals surface area contributed by atoms with E-state index in [1.165, 1.54) is 19.3 Å². The van der Waals surface area contributed by atoms with E-state index in [2.05, 4.69) is 29.3 Å². The maximum atomic E-state index is 9.73. The molecule has 4 nitrogen and oxygen atoms in total. The van der Waals surface area contributed by atoms with Crippen molar-refractivity contribution in [1.29, 1.82) is 0 Å². The van der Waals surface area contributed by atoms with Gasteiger partial charge in [-0.05, 0) is 43.9 Å². The average molecular weight is 277 g/mol. The van der Waals surface area contributed by atoms with Crippen LogP contribution in [0.1, 0.15) is 39.0 Å². The highest BCUT2D eigenvalue weighted by Gasteiger charge is 2.34. The van der Waals surface area contributed by atoms with Crippen LogP contribution in [-0.2, 0) is 0 Å². The van der Waals surface area contributed by atoms with Crippen molar-refractivity contribution < 1.29 is 5.11 Å². The number of aliphatic hydroxyl groups excluding tert-OH is 1. The third-order valence-electron chi connectivity index (χ3n) is 5.06. The summed E-state index contributed by atoms with van der Waals surface area (Å²) in [7, 11) is 0. The number of hydrogen-bond acceptors (Lipinski definition) is 4. The fraction of sp³-hybridized carbons (Fsp3) is 0.812. The Morgan fingerprint density at radius 1 is 1.40 bits per heavy atom. The highest BCUT2D eigenvalue weighted by molar-refractivity contribution is 5.82. The van der Waals surface area contributed by atoms with E-state index in [1.807, 2.05) is 0 Å². The van der Waals surface area contributed by atoms with Gasteiger partial charge in [0, 0.05) is 6.54 Å². The first-order chi connectivity index (χ1) is 9.78. The lowest BCUT2D eigenvalue weighted by molar-refractivity contribution is 0.185. The molecule has 2 heterocycles. The number of aliphatic hydroxyl groups is 1. The van der Waals surface area contributed by atoms with Crippen LogP contribution in [0.15, 0.2) is 17.1 Å². The van der Waals surface area contributed by atoms with Crippen LogP contribution in [0.5, 0.6) is 0 Å². The van der Waals surface area contributed by atoms with E-state index in [4.69, 9.17) is 4.99 Å². The molecule has 1 aliphatic carbocycles. The van der Waals surface area contributed by atoms with Crippen molar-refractivity contribution in [2.45, 2.75) is 51.1 Å². The van der Waals surface area contributed by atoms with E-state index in [0.29, 0.717) is 12.0 Å². The minimum atomic E-state index is 0.148. The number of rotatable bonds is 3. The van der Waals surface area contributed by atoms with E-state index in [9.17, 15) is 5.11 Å². The zero-order valence-electron chi connectivity index (χ0n) is 12.5. The molecule has 2 N–H and O–H groups in total. The molecule has 1 fully saturated rings. The van der Waals surface area contributed by atoms with E-state index in [0.717, 1.165) is 37.8 Å². The van der Waals surface area contributed by atoms with Gasteiger partial charge in [0.15, 0.2) is 5.96 Å². The number of nitrogens with one attached hydrogen (secondary N) is 1. The molecule has 0 bridgehead atoms. The molecule has 4 atom stereocenters. The van der Waals surface area contributed by atoms with Crippen molar-refractivity contribution in [2.75, 3.05) is 19.7 Å². The second-order valence-electron chi connectivity index (χ2n) is 6.63. The highest BCUT2D eigenvalue weighted by Crippen LogP contribution is 2.27. The van der Waals surface area contributed by atoms with Crippen LogP contribution in [0.2, 0.25) is 0 Å². The summed E-state index contributed by atoms with van der Waals surface area (Å²) in [6, 6.07) is 0.744. The smallest absolute Gasteiger partial charge is 0.194 e. The summed E-state index contributed by atoms with van der Waals surface area (Å²) in [5.41, 5.74) is 0. The molecule has 0 aromatic carbocycles. The minimum Gasteiger partial charge on any atom is -0.394 e. The molecule has 0 amide bonds. The molecule has 2 aliphatic heterocycles. The number of hydrogen-bond donors (Lipinski definition) is 2. The Bertz CT molecular complexity index is 393. The number of nitrogens with zero attached hydrogens (tertiary/aromatic N) is 2. The SMILES string of the molecule is CC1CCC2CN=C(NC(CO)C3CC=CCC3)N2C1. The lowest BCUT2D eigenvalue weighted by atomic mass is 9.88. The van der Waals surface area contributed by atoms with Crippen LogP contribution >= 0.6 is 0 Å². The number of guanidine groups is 1. The van der Waals surface area contributed by atoms with Gasteiger partial charge in [-0.1, -0.05) is 19.1 Å². The zero-order chi connectivity index (χ0) is 13.9. The quantitative estimate of drug-likeness (QED) is 0.773. The van der Waals surface area contributed by atoms with Crippen molar-refractivity contribution in [2.24, 2.45) is 16.8 Å². The van der Waals surface area contributed by atoms with E-state index in [-0.39, 0.29) is 12.6 Å². The predicted molar refractivity (Wildman–Crippen MR) is 81.7 cm³/mol. The number of allylic oxidation sites excluding steroid dienone is 2. The second-order valence-corrected chi connectivity index (χ2v) is 6.63. The zero-order valence-corrected chi connectivity index (χ0v) is 12.5. The second kappa shape index (κ2) is 6.17. The third kappa shape index (κ3) is 2.85. The van der Waals surface area contributed by atoms with Gasteiger partial charge in [-0.3, -0.25) is 4.99 Å². The van der Waals surface area contributed by atoms with Gasteiger partial charge < -0.3 is 15.3 Å². The first-order valence-corrected chi connectivity index (χ1v) is 8.11. The maximum Gasteiger partial charge on any atom is 0.194 e. The molecule has 0 saturated carbocycles. The van der Waals surface area contributed by atoms with Gasteiger partial charge in [0.2, 0.25) is 0 Å². The molecule has 0 aromatic rings. The third-order valence-corrected chi connectivity index (χ3v) is 5.06. The molecular weight excluding hydrogens is 250 g/mol. The first kappa shape index (κ1) is 13.9. The number of piperidine rings is 1. The van der Waals surface area contributed by atoms with Crippen LogP contribution in [0.4, 0.5) is 0 Å². The Morgan fingerprint density at radius 3 is 3.05 bits per heavy atom. The van der Waals surface area contributed by atoms with Gasteiger partial charge in [0.25, 0.3) is 0 Å². The van der Waals surface area contributed by atoms with E-state index >= 15 is 0 Å². The fourth-order valence-corrected chi connectivity index (χ4v) is 3.73. The highest BCUT2D eigenvalue weighted by atomic mass is 16.3. The molecule has 1 saturated heterocycles. The van der Waals surface area contributed by atoms with Crippen molar-refractivity contribution in [3.8, 4) is 0 Å². The summed E-state index contributed by atoms with van der Waals surface area (Å²) < 4.78 is 0. The Balaban J connectivity index is 1.62. The van der Waals surface area contributed by atoms with Gasteiger partial charge in [-0.15, -0.1) is 0 Å². The van der Waals surface area contributed by atoms with Gasteiger partial charge in [0.1, 0.15) is 0 Å². The van der Waals surface area contributed by atoms with Crippen molar-refractivity contribution >= 4 is 5.96 Å². The maximum absolute atomic E-state index is 9.73. The number of aliphatic imine (C=N–C) groups is 1. The minimum absolute atomic E-state index is 0.148. The van der Waals surface area contributed by atoms with Gasteiger partial charge in [-0.2, -0.15) is 0 Å². The normalized spacial score (nSPS) is 34.6. The lowest BCUT2D eigenvalue weighted by Gasteiger charge is -2.37. The predicted octanol–water partition coefficient (Wildman–Crippen LogP) is 1.76. The average Bonchev–Trinajstić information content (AvgIpc) is 2.88. The molecule has 20 heavy (non-hydrogen) atoms. The summed E-state index contributed by atoms with van der Waals surface area (Å²) in [6.45, 7) is 4.56. The fourth-order valence-electron chi connectivity index (χ4n) is 3.73. The standard InChI is InChI=1S/C16H27N3O/c1-12-7-8-14-9-17-16(19(14)10-12)18-15(11-20)13-5-3-2-4-6-13/h2-3,12-15,20H,4-11H2,1H3,(H,17,18). The summed E-state index contributed by atoms with van der Waals surface area (Å²) in [4.78, 5) is 7.14. The largest absolute Gasteiger partial charge is 0.394 e. The van der Waals surface area contributed by atoms with Crippen LogP contribution < -0.4 is 5.32 Å². The molecule has 0 radical (unpaired) electrons. The van der Waals surface area contributed by atoms with E-state index < -0.39 is 0 Å². The van der Waals surface area contributed by atoms with Gasteiger partial charge in [-0.25, -0.2) is 0 Å². The summed E-state index contributed by atoms with van der Waals surface area (Å²) in [5.74, 6) is 2.32. The molecule has 0 aromatic heterocycles. The summed E-state index contributed by atoms with van der Waals surface area (Å²) in [5, 5.41) is 13.3. The van der Waals surface area contributed by atoms with Gasteiger partial charge >= 0.3 is 0 Å². The van der Waals surface area contributed by atoms with Crippen molar-refractivity contribution in [3.63, 3.8) is 0 Å². The molecule has 0 spiro atoms. The first-order valence-electron chi connectivity index (χ1n) is 8.11. The van der Waals surface area contributed by atoms with Gasteiger partial charge in [0.05, 0.1) is 25.2 Å².